The van der Waals surface area contributed by atoms with Crippen molar-refractivity contribution < 1.29 is 0 Å². The summed E-state index contributed by atoms with van der Waals surface area (Å²) >= 11 is 4.97. The molecular formula is C12H17NS. The number of benzene rings is 1. The third kappa shape index (κ3) is 2.55. The standard InChI is InChI=1S/C12H17NS/c1-8-5-4-6-11(10(8)3)7-9(2)12(13)14/h4-6,9H,7H2,1-3H3,(H2,13,14). The maximum absolute atomic E-state index is 5.60. The quantitative estimate of drug-likeness (QED) is 0.771. The van der Waals surface area contributed by atoms with Crippen molar-refractivity contribution in [3.05, 3.63) is 34.9 Å². The lowest BCUT2D eigenvalue weighted by molar-refractivity contribution is 0.766. The van der Waals surface area contributed by atoms with Crippen LogP contribution in [0.25, 0.3) is 0 Å². The Kier molecular flexibility index (Phi) is 3.64. The fourth-order valence-electron chi connectivity index (χ4n) is 1.46. The van der Waals surface area contributed by atoms with Crippen molar-refractivity contribution in [1.29, 1.82) is 0 Å². The molecule has 0 aliphatic heterocycles. The molecular weight excluding hydrogens is 190 g/mol. The van der Waals surface area contributed by atoms with Crippen molar-refractivity contribution in [2.24, 2.45) is 11.7 Å². The number of hydrogen-bond donors (Lipinski definition) is 1. The summed E-state index contributed by atoms with van der Waals surface area (Å²) in [4.78, 5) is 0.603. The molecule has 0 aromatic heterocycles. The van der Waals surface area contributed by atoms with Gasteiger partial charge in [0.05, 0.1) is 4.99 Å². The zero-order valence-electron chi connectivity index (χ0n) is 9.00. The average molecular weight is 207 g/mol. The minimum Gasteiger partial charge on any atom is -0.393 e. The van der Waals surface area contributed by atoms with Crippen molar-refractivity contribution in [3.8, 4) is 0 Å². The highest BCUT2D eigenvalue weighted by molar-refractivity contribution is 7.80. The summed E-state index contributed by atoms with van der Waals surface area (Å²) in [5.74, 6) is 0.283. The number of thiocarbonyl (C=S) groups is 1. The maximum atomic E-state index is 5.60. The number of hydrogen-bond acceptors (Lipinski definition) is 1. The van der Waals surface area contributed by atoms with Crippen molar-refractivity contribution >= 4 is 17.2 Å². The van der Waals surface area contributed by atoms with Crippen LogP contribution in [0.1, 0.15) is 23.6 Å². The van der Waals surface area contributed by atoms with Gasteiger partial charge in [0.2, 0.25) is 0 Å². The first-order valence-electron chi connectivity index (χ1n) is 4.86. The Balaban J connectivity index is 2.87. The SMILES string of the molecule is Cc1cccc(CC(C)C(N)=S)c1C. The third-order valence-electron chi connectivity index (χ3n) is 2.73. The van der Waals surface area contributed by atoms with Crippen LogP contribution in [0.15, 0.2) is 18.2 Å². The Hall–Kier alpha value is -0.890. The van der Waals surface area contributed by atoms with Crippen LogP contribution in [0.5, 0.6) is 0 Å². The van der Waals surface area contributed by atoms with Crippen LogP contribution in [0, 0.1) is 19.8 Å². The molecule has 0 amide bonds. The summed E-state index contributed by atoms with van der Waals surface area (Å²) in [6, 6.07) is 6.37. The maximum Gasteiger partial charge on any atom is 0.0759 e. The fraction of sp³-hybridized carbons (Fsp3) is 0.417. The molecule has 0 saturated carbocycles. The Morgan fingerprint density at radius 3 is 2.64 bits per heavy atom. The molecule has 0 spiro atoms. The van der Waals surface area contributed by atoms with E-state index in [9.17, 15) is 0 Å². The minimum atomic E-state index is 0.283. The van der Waals surface area contributed by atoms with E-state index in [2.05, 4.69) is 39.0 Å². The average Bonchev–Trinajstić information content (AvgIpc) is 2.12. The van der Waals surface area contributed by atoms with Crippen LogP contribution in [0.4, 0.5) is 0 Å². The Morgan fingerprint density at radius 1 is 1.43 bits per heavy atom. The van der Waals surface area contributed by atoms with Crippen LogP contribution >= 0.6 is 12.2 Å². The van der Waals surface area contributed by atoms with Gasteiger partial charge in [0.1, 0.15) is 0 Å². The predicted molar refractivity (Wildman–Crippen MR) is 65.6 cm³/mol. The first-order valence-corrected chi connectivity index (χ1v) is 5.27. The van der Waals surface area contributed by atoms with Gasteiger partial charge in [-0.05, 0) is 37.0 Å². The summed E-state index contributed by atoms with van der Waals surface area (Å²) < 4.78 is 0. The monoisotopic (exact) mass is 207 g/mol. The molecule has 0 saturated heterocycles. The van der Waals surface area contributed by atoms with E-state index in [1.54, 1.807) is 0 Å². The summed E-state index contributed by atoms with van der Waals surface area (Å²) in [6.07, 6.45) is 0.947. The minimum absolute atomic E-state index is 0.283. The van der Waals surface area contributed by atoms with Gasteiger partial charge in [0.25, 0.3) is 0 Å². The van der Waals surface area contributed by atoms with Crippen LogP contribution < -0.4 is 5.73 Å². The molecule has 0 heterocycles. The van der Waals surface area contributed by atoms with E-state index in [4.69, 9.17) is 18.0 Å². The summed E-state index contributed by atoms with van der Waals surface area (Å²) in [5, 5.41) is 0. The highest BCUT2D eigenvalue weighted by atomic mass is 32.1. The van der Waals surface area contributed by atoms with Gasteiger partial charge in [-0.25, -0.2) is 0 Å². The lowest BCUT2D eigenvalue weighted by Crippen LogP contribution is -2.20. The summed E-state index contributed by atoms with van der Waals surface area (Å²) in [7, 11) is 0. The lowest BCUT2D eigenvalue weighted by atomic mass is 9.95. The van der Waals surface area contributed by atoms with Crippen molar-refractivity contribution in [1.82, 2.24) is 0 Å². The normalized spacial score (nSPS) is 12.5. The molecule has 1 atom stereocenters. The van der Waals surface area contributed by atoms with Crippen LogP contribution in [0.3, 0.4) is 0 Å². The second kappa shape index (κ2) is 4.56. The molecule has 0 bridgehead atoms. The Morgan fingerprint density at radius 2 is 2.07 bits per heavy atom. The molecule has 0 aliphatic rings. The Bertz CT molecular complexity index is 344. The van der Waals surface area contributed by atoms with Crippen molar-refractivity contribution in [3.63, 3.8) is 0 Å². The number of rotatable bonds is 3. The molecule has 76 valence electrons. The lowest BCUT2D eigenvalue weighted by Gasteiger charge is -2.13. The summed E-state index contributed by atoms with van der Waals surface area (Å²) in [6.45, 7) is 6.35. The predicted octanol–water partition coefficient (Wildman–Crippen LogP) is 2.77. The molecule has 0 fully saturated rings. The largest absolute Gasteiger partial charge is 0.393 e. The Labute approximate surface area is 91.3 Å². The van der Waals surface area contributed by atoms with E-state index in [1.807, 2.05) is 0 Å². The van der Waals surface area contributed by atoms with Crippen LogP contribution in [0.2, 0.25) is 0 Å². The highest BCUT2D eigenvalue weighted by Gasteiger charge is 2.08. The zero-order chi connectivity index (χ0) is 10.7. The number of aryl methyl sites for hydroxylation is 1. The van der Waals surface area contributed by atoms with E-state index in [0.717, 1.165) is 6.42 Å². The molecule has 1 aromatic carbocycles. The molecule has 2 N–H and O–H groups in total. The van der Waals surface area contributed by atoms with E-state index in [1.165, 1.54) is 16.7 Å². The van der Waals surface area contributed by atoms with Gasteiger partial charge in [0.15, 0.2) is 0 Å². The molecule has 2 heteroatoms. The third-order valence-corrected chi connectivity index (χ3v) is 3.13. The highest BCUT2D eigenvalue weighted by Crippen LogP contribution is 2.16. The topological polar surface area (TPSA) is 26.0 Å². The van der Waals surface area contributed by atoms with E-state index in [-0.39, 0.29) is 5.92 Å². The first kappa shape index (κ1) is 11.2. The van der Waals surface area contributed by atoms with Crippen LogP contribution in [-0.2, 0) is 6.42 Å². The van der Waals surface area contributed by atoms with Gasteiger partial charge < -0.3 is 5.73 Å². The van der Waals surface area contributed by atoms with Crippen LogP contribution in [-0.4, -0.2) is 4.99 Å². The molecule has 0 aliphatic carbocycles. The smallest absolute Gasteiger partial charge is 0.0759 e. The molecule has 1 rings (SSSR count). The number of nitrogens with two attached hydrogens (primary N) is 1. The second-order valence-corrected chi connectivity index (χ2v) is 4.34. The molecule has 1 nitrogen and oxygen atoms in total. The van der Waals surface area contributed by atoms with Gasteiger partial charge in [-0.15, -0.1) is 0 Å². The van der Waals surface area contributed by atoms with Crippen molar-refractivity contribution in [2.75, 3.05) is 0 Å². The molecule has 14 heavy (non-hydrogen) atoms. The van der Waals surface area contributed by atoms with Gasteiger partial charge in [-0.3, -0.25) is 0 Å². The van der Waals surface area contributed by atoms with E-state index < -0.39 is 0 Å². The van der Waals surface area contributed by atoms with Gasteiger partial charge in [-0.2, -0.15) is 0 Å². The van der Waals surface area contributed by atoms with Gasteiger partial charge in [0, 0.05) is 5.92 Å². The fourth-order valence-corrected chi connectivity index (χ4v) is 1.55. The molecule has 1 unspecified atom stereocenters. The first-order chi connectivity index (χ1) is 6.52. The van der Waals surface area contributed by atoms with E-state index >= 15 is 0 Å². The molecule has 0 radical (unpaired) electrons. The van der Waals surface area contributed by atoms with Crippen molar-refractivity contribution in [2.45, 2.75) is 27.2 Å². The zero-order valence-corrected chi connectivity index (χ0v) is 9.82. The summed E-state index contributed by atoms with van der Waals surface area (Å²) in [5.41, 5.74) is 9.64. The van der Waals surface area contributed by atoms with Gasteiger partial charge >= 0.3 is 0 Å². The van der Waals surface area contributed by atoms with Gasteiger partial charge in [-0.1, -0.05) is 37.3 Å². The second-order valence-electron chi connectivity index (χ2n) is 3.87. The van der Waals surface area contributed by atoms with E-state index in [0.29, 0.717) is 4.99 Å². The molecule has 1 aromatic rings.